The van der Waals surface area contributed by atoms with Crippen molar-refractivity contribution in [2.45, 2.75) is 19.4 Å². The number of hydrogen-bond acceptors (Lipinski definition) is 3. The Labute approximate surface area is 124 Å². The number of carbonyl (C=O) groups is 1. The first-order valence-corrected chi connectivity index (χ1v) is 6.97. The second-order valence-corrected chi connectivity index (χ2v) is 5.80. The molecular formula is C18H17NO2. The molecule has 2 aromatic carbocycles. The third kappa shape index (κ3) is 2.72. The number of rotatable bonds is 3. The minimum absolute atomic E-state index is 0.177. The molecule has 3 rings (SSSR count). The van der Waals surface area contributed by atoms with Gasteiger partial charge in [0.05, 0.1) is 5.54 Å². The van der Waals surface area contributed by atoms with Crippen molar-refractivity contribution in [1.29, 1.82) is 0 Å². The number of ether oxygens (including phenoxy) is 1. The highest BCUT2D eigenvalue weighted by atomic mass is 16.5. The van der Waals surface area contributed by atoms with Gasteiger partial charge in [-0.25, -0.2) is 4.99 Å². The summed E-state index contributed by atoms with van der Waals surface area (Å²) < 4.78 is 5.76. The Hall–Kier alpha value is -2.42. The predicted molar refractivity (Wildman–Crippen MR) is 83.8 cm³/mol. The van der Waals surface area contributed by atoms with Gasteiger partial charge in [-0.3, -0.25) is 4.79 Å². The molecule has 0 radical (unpaired) electrons. The van der Waals surface area contributed by atoms with E-state index in [4.69, 9.17) is 4.74 Å². The second-order valence-electron chi connectivity index (χ2n) is 5.80. The van der Waals surface area contributed by atoms with Crippen LogP contribution in [-0.2, 0) is 4.74 Å². The van der Waals surface area contributed by atoms with E-state index in [1.54, 1.807) is 0 Å². The largest absolute Gasteiger partial charge is 0.475 e. The Kier molecular flexibility index (Phi) is 3.34. The first-order chi connectivity index (χ1) is 10.1. The van der Waals surface area contributed by atoms with Crippen molar-refractivity contribution in [3.8, 4) is 11.1 Å². The first kappa shape index (κ1) is 13.6. The van der Waals surface area contributed by atoms with Crippen LogP contribution in [0.4, 0.5) is 0 Å². The fourth-order valence-electron chi connectivity index (χ4n) is 2.38. The van der Waals surface area contributed by atoms with Gasteiger partial charge in [-0.1, -0.05) is 42.5 Å². The molecule has 0 bridgehead atoms. The van der Waals surface area contributed by atoms with Crippen LogP contribution >= 0.6 is 0 Å². The molecule has 1 aliphatic rings. The summed E-state index contributed by atoms with van der Waals surface area (Å²) in [6.07, 6.45) is 0.850. The van der Waals surface area contributed by atoms with Crippen molar-refractivity contribution in [2.75, 3.05) is 6.61 Å². The molecule has 0 aliphatic carbocycles. The van der Waals surface area contributed by atoms with E-state index >= 15 is 0 Å². The molecule has 21 heavy (non-hydrogen) atoms. The van der Waals surface area contributed by atoms with Gasteiger partial charge in [0.25, 0.3) is 0 Å². The van der Waals surface area contributed by atoms with Crippen LogP contribution in [0.1, 0.15) is 29.8 Å². The smallest absolute Gasteiger partial charge is 0.217 e. The molecule has 0 saturated carbocycles. The lowest BCUT2D eigenvalue weighted by atomic mass is 9.98. The van der Waals surface area contributed by atoms with Crippen molar-refractivity contribution in [3.05, 3.63) is 59.7 Å². The normalized spacial score (nSPS) is 16.2. The van der Waals surface area contributed by atoms with E-state index in [0.717, 1.165) is 23.0 Å². The van der Waals surface area contributed by atoms with Gasteiger partial charge in [0.2, 0.25) is 5.90 Å². The van der Waals surface area contributed by atoms with Crippen LogP contribution in [0.5, 0.6) is 0 Å². The maximum Gasteiger partial charge on any atom is 0.217 e. The van der Waals surface area contributed by atoms with Gasteiger partial charge >= 0.3 is 0 Å². The Morgan fingerprint density at radius 1 is 1.05 bits per heavy atom. The molecule has 0 fully saturated rings. The van der Waals surface area contributed by atoms with Crippen LogP contribution < -0.4 is 0 Å². The number of aliphatic imine (C=N–C) groups is 1. The van der Waals surface area contributed by atoms with Gasteiger partial charge in [0.1, 0.15) is 12.9 Å². The van der Waals surface area contributed by atoms with Crippen LogP contribution in [0.15, 0.2) is 53.5 Å². The molecule has 106 valence electrons. The van der Waals surface area contributed by atoms with Crippen molar-refractivity contribution >= 4 is 12.2 Å². The molecule has 0 spiro atoms. The number of benzene rings is 2. The van der Waals surface area contributed by atoms with Crippen LogP contribution in [0.3, 0.4) is 0 Å². The highest BCUT2D eigenvalue weighted by molar-refractivity contribution is 6.01. The molecule has 0 amide bonds. The third-order valence-corrected chi connectivity index (χ3v) is 3.48. The molecule has 3 heteroatoms. The fourth-order valence-corrected chi connectivity index (χ4v) is 2.38. The molecule has 0 unspecified atom stereocenters. The van der Waals surface area contributed by atoms with Gasteiger partial charge < -0.3 is 4.74 Å². The molecule has 0 N–H and O–H groups in total. The summed E-state index contributed by atoms with van der Waals surface area (Å²) in [5.74, 6) is 0.690. The van der Waals surface area contributed by atoms with Crippen LogP contribution in [0.2, 0.25) is 0 Å². The highest BCUT2D eigenvalue weighted by Gasteiger charge is 2.28. The van der Waals surface area contributed by atoms with Crippen molar-refractivity contribution in [2.24, 2.45) is 4.99 Å². The summed E-state index contributed by atoms with van der Waals surface area (Å²) in [5.41, 5.74) is 3.59. The van der Waals surface area contributed by atoms with Crippen LogP contribution in [0, 0.1) is 0 Å². The summed E-state index contributed by atoms with van der Waals surface area (Å²) in [7, 11) is 0. The number of carbonyl (C=O) groups excluding carboxylic acids is 1. The molecular weight excluding hydrogens is 262 g/mol. The summed E-state index contributed by atoms with van der Waals surface area (Å²) in [6, 6.07) is 15.6. The maximum absolute atomic E-state index is 10.8. The zero-order chi connectivity index (χ0) is 14.9. The highest BCUT2D eigenvalue weighted by Crippen LogP contribution is 2.28. The molecule has 1 aliphatic heterocycles. The lowest BCUT2D eigenvalue weighted by molar-refractivity contribution is 0.112. The van der Waals surface area contributed by atoms with Crippen molar-refractivity contribution in [3.63, 3.8) is 0 Å². The number of aldehydes is 1. The summed E-state index contributed by atoms with van der Waals surface area (Å²) in [5, 5.41) is 0. The standard InChI is InChI=1S/C18H17NO2/c1-18(2)12-21-17(19-18)16-6-4-3-5-15(16)14-9-7-13(11-20)8-10-14/h3-11H,12H2,1-2H3. The minimum Gasteiger partial charge on any atom is -0.475 e. The van der Waals surface area contributed by atoms with Gasteiger partial charge in [-0.2, -0.15) is 0 Å². The molecule has 0 atom stereocenters. The topological polar surface area (TPSA) is 38.7 Å². The maximum atomic E-state index is 10.8. The van der Waals surface area contributed by atoms with Crippen LogP contribution in [-0.4, -0.2) is 24.3 Å². The summed E-state index contributed by atoms with van der Waals surface area (Å²) in [6.45, 7) is 4.71. The van der Waals surface area contributed by atoms with E-state index in [0.29, 0.717) is 18.1 Å². The summed E-state index contributed by atoms with van der Waals surface area (Å²) >= 11 is 0. The number of nitrogens with zero attached hydrogens (tertiary/aromatic N) is 1. The van der Waals surface area contributed by atoms with Gasteiger partial charge in [-0.05, 0) is 31.0 Å². The minimum atomic E-state index is -0.177. The predicted octanol–water partition coefficient (Wildman–Crippen LogP) is 3.72. The fraction of sp³-hybridized carbons (Fsp3) is 0.222. The van der Waals surface area contributed by atoms with Gasteiger partial charge in [-0.15, -0.1) is 0 Å². The monoisotopic (exact) mass is 279 g/mol. The van der Waals surface area contributed by atoms with Crippen LogP contribution in [0.25, 0.3) is 11.1 Å². The van der Waals surface area contributed by atoms with E-state index in [2.05, 4.69) is 18.8 Å². The molecule has 0 saturated heterocycles. The van der Waals surface area contributed by atoms with E-state index < -0.39 is 0 Å². The zero-order valence-electron chi connectivity index (χ0n) is 12.2. The summed E-state index contributed by atoms with van der Waals surface area (Å²) in [4.78, 5) is 15.4. The quantitative estimate of drug-likeness (QED) is 0.803. The van der Waals surface area contributed by atoms with E-state index in [1.807, 2.05) is 48.5 Å². The zero-order valence-corrected chi connectivity index (χ0v) is 12.2. The van der Waals surface area contributed by atoms with E-state index in [-0.39, 0.29) is 5.54 Å². The van der Waals surface area contributed by atoms with E-state index in [1.165, 1.54) is 0 Å². The molecule has 2 aromatic rings. The van der Waals surface area contributed by atoms with Gasteiger partial charge in [0.15, 0.2) is 0 Å². The average molecular weight is 279 g/mol. The van der Waals surface area contributed by atoms with E-state index in [9.17, 15) is 4.79 Å². The van der Waals surface area contributed by atoms with Gasteiger partial charge in [0, 0.05) is 11.1 Å². The Bertz CT molecular complexity index is 699. The lowest BCUT2D eigenvalue weighted by Crippen LogP contribution is -2.17. The van der Waals surface area contributed by atoms with Crippen molar-refractivity contribution in [1.82, 2.24) is 0 Å². The Morgan fingerprint density at radius 3 is 2.29 bits per heavy atom. The Balaban J connectivity index is 2.05. The van der Waals surface area contributed by atoms with Crippen molar-refractivity contribution < 1.29 is 9.53 Å². The number of hydrogen-bond donors (Lipinski definition) is 0. The first-order valence-electron chi connectivity index (χ1n) is 6.97. The molecule has 0 aromatic heterocycles. The average Bonchev–Trinajstić information content (AvgIpc) is 2.87. The Morgan fingerprint density at radius 2 is 1.71 bits per heavy atom. The lowest BCUT2D eigenvalue weighted by Gasteiger charge is -2.09. The molecule has 1 heterocycles. The molecule has 3 nitrogen and oxygen atoms in total. The third-order valence-electron chi connectivity index (χ3n) is 3.48. The SMILES string of the molecule is CC1(C)COC(c2ccccc2-c2ccc(C=O)cc2)=N1. The second kappa shape index (κ2) is 5.17.